The molecule has 1 aromatic carbocycles. The first-order valence-corrected chi connectivity index (χ1v) is 6.16. The Morgan fingerprint density at radius 3 is 2.48 bits per heavy atom. The van der Waals surface area contributed by atoms with Crippen molar-refractivity contribution in [2.24, 2.45) is 5.92 Å². The van der Waals surface area contributed by atoms with Gasteiger partial charge in [0.15, 0.2) is 11.5 Å². The summed E-state index contributed by atoms with van der Waals surface area (Å²) in [5, 5.41) is 40.3. The Balaban J connectivity index is 3.17. The number of nitrogens with one attached hydrogen (secondary N) is 1. The molecule has 0 saturated carbocycles. The Kier molecular flexibility index (Phi) is 5.18. The molecule has 1 unspecified atom stereocenters. The van der Waals surface area contributed by atoms with Crippen LogP contribution in [-0.4, -0.2) is 32.3 Å². The van der Waals surface area contributed by atoms with Gasteiger partial charge in [-0.3, -0.25) is 9.59 Å². The van der Waals surface area contributed by atoms with Crippen LogP contribution in [0.4, 0.5) is 0 Å². The highest BCUT2D eigenvalue weighted by molar-refractivity contribution is 5.86. The van der Waals surface area contributed by atoms with Gasteiger partial charge in [0.25, 0.3) is 0 Å². The van der Waals surface area contributed by atoms with Crippen molar-refractivity contribution in [2.75, 3.05) is 0 Å². The fraction of sp³-hybridized carbons (Fsp3) is 0.286. The Labute approximate surface area is 121 Å². The number of aliphatic carboxylic acids is 1. The number of rotatable bonds is 6. The second-order valence-electron chi connectivity index (χ2n) is 4.60. The molecule has 5 N–H and O–H groups in total. The van der Waals surface area contributed by atoms with Gasteiger partial charge >= 0.3 is 5.97 Å². The topological polar surface area (TPSA) is 127 Å². The van der Waals surface area contributed by atoms with Gasteiger partial charge in [-0.2, -0.15) is 0 Å². The maximum Gasteiger partial charge on any atom is 0.306 e. The van der Waals surface area contributed by atoms with E-state index < -0.39 is 35.0 Å². The first-order chi connectivity index (χ1) is 9.77. The van der Waals surface area contributed by atoms with Crippen LogP contribution in [0.5, 0.6) is 17.2 Å². The van der Waals surface area contributed by atoms with E-state index >= 15 is 0 Å². The van der Waals surface area contributed by atoms with Crippen molar-refractivity contribution in [3.63, 3.8) is 0 Å². The number of aromatic hydroxyl groups is 3. The Morgan fingerprint density at radius 1 is 1.33 bits per heavy atom. The molecule has 0 saturated heterocycles. The molecule has 0 aliphatic carbocycles. The third-order valence-corrected chi connectivity index (χ3v) is 3.02. The summed E-state index contributed by atoms with van der Waals surface area (Å²) in [5.41, 5.74) is 0.468. The quantitative estimate of drug-likeness (QED) is 0.391. The van der Waals surface area contributed by atoms with Crippen LogP contribution >= 0.6 is 0 Å². The lowest BCUT2D eigenvalue weighted by Crippen LogP contribution is -2.22. The van der Waals surface area contributed by atoms with Gasteiger partial charge in [0.2, 0.25) is 11.7 Å². The molecule has 0 spiro atoms. The van der Waals surface area contributed by atoms with Gasteiger partial charge in [-0.25, -0.2) is 0 Å². The SMILES string of the molecule is C=CC(=O)NCc1c(CC(C)C(=O)O)cc(O)c(O)c1O. The average molecular weight is 295 g/mol. The molecule has 1 amide bonds. The van der Waals surface area contributed by atoms with E-state index in [1.54, 1.807) is 0 Å². The van der Waals surface area contributed by atoms with Gasteiger partial charge in [0.05, 0.1) is 5.92 Å². The van der Waals surface area contributed by atoms with E-state index in [2.05, 4.69) is 11.9 Å². The fourth-order valence-corrected chi connectivity index (χ4v) is 1.78. The number of carbonyl (C=O) groups excluding carboxylic acids is 1. The van der Waals surface area contributed by atoms with E-state index in [4.69, 9.17) is 5.11 Å². The van der Waals surface area contributed by atoms with Crippen molar-refractivity contribution in [3.8, 4) is 17.2 Å². The molecule has 0 aliphatic rings. The van der Waals surface area contributed by atoms with Crippen molar-refractivity contribution in [2.45, 2.75) is 19.9 Å². The van der Waals surface area contributed by atoms with Crippen molar-refractivity contribution < 1.29 is 30.0 Å². The van der Waals surface area contributed by atoms with E-state index in [0.717, 1.165) is 6.08 Å². The molecular formula is C14H17NO6. The first kappa shape index (κ1) is 16.4. The van der Waals surface area contributed by atoms with Gasteiger partial charge in [0.1, 0.15) is 0 Å². The number of amides is 1. The summed E-state index contributed by atoms with van der Waals surface area (Å²) in [6.45, 7) is 4.61. The standard InChI is InChI=1S/C14H17NO6/c1-3-11(17)15-6-9-8(4-7(2)14(20)21)5-10(16)13(19)12(9)18/h3,5,7,16,18-19H,1,4,6H2,2H3,(H,15,17)(H,20,21). The molecule has 114 valence electrons. The smallest absolute Gasteiger partial charge is 0.306 e. The van der Waals surface area contributed by atoms with Crippen molar-refractivity contribution in [1.82, 2.24) is 5.32 Å². The number of phenolic OH excluding ortho intramolecular Hbond substituents is 3. The zero-order valence-electron chi connectivity index (χ0n) is 11.5. The number of hydrogen-bond acceptors (Lipinski definition) is 5. The van der Waals surface area contributed by atoms with E-state index in [-0.39, 0.29) is 18.5 Å². The van der Waals surface area contributed by atoms with E-state index in [1.807, 2.05) is 0 Å². The molecule has 0 bridgehead atoms. The highest BCUT2D eigenvalue weighted by Gasteiger charge is 2.21. The monoisotopic (exact) mass is 295 g/mol. The third-order valence-electron chi connectivity index (χ3n) is 3.02. The number of carbonyl (C=O) groups is 2. The van der Waals surface area contributed by atoms with E-state index in [1.165, 1.54) is 13.0 Å². The normalized spacial score (nSPS) is 11.7. The Morgan fingerprint density at radius 2 is 1.95 bits per heavy atom. The molecule has 0 radical (unpaired) electrons. The number of carboxylic acid groups (broad SMARTS) is 1. The highest BCUT2D eigenvalue weighted by Crippen LogP contribution is 2.40. The second-order valence-corrected chi connectivity index (χ2v) is 4.60. The molecule has 1 atom stereocenters. The molecule has 7 heteroatoms. The van der Waals surface area contributed by atoms with E-state index in [9.17, 15) is 24.9 Å². The van der Waals surface area contributed by atoms with Crippen LogP contribution in [0.1, 0.15) is 18.1 Å². The zero-order chi connectivity index (χ0) is 16.2. The average Bonchev–Trinajstić information content (AvgIpc) is 2.43. The summed E-state index contributed by atoms with van der Waals surface area (Å²) in [6.07, 6.45) is 1.06. The molecule has 21 heavy (non-hydrogen) atoms. The predicted octanol–water partition coefficient (Wildman–Crippen LogP) is 0.869. The van der Waals surface area contributed by atoms with Crippen LogP contribution < -0.4 is 5.32 Å². The van der Waals surface area contributed by atoms with Crippen LogP contribution in [0.25, 0.3) is 0 Å². The summed E-state index contributed by atoms with van der Waals surface area (Å²) < 4.78 is 0. The lowest BCUT2D eigenvalue weighted by atomic mass is 9.95. The molecule has 0 fully saturated rings. The number of phenols is 3. The van der Waals surface area contributed by atoms with Crippen LogP contribution in [0, 0.1) is 5.92 Å². The molecule has 1 rings (SSSR count). The fourth-order valence-electron chi connectivity index (χ4n) is 1.78. The largest absolute Gasteiger partial charge is 0.504 e. The lowest BCUT2D eigenvalue weighted by Gasteiger charge is -2.16. The molecule has 1 aromatic rings. The number of hydrogen-bond donors (Lipinski definition) is 5. The van der Waals surface area contributed by atoms with Crippen LogP contribution in [0.15, 0.2) is 18.7 Å². The minimum atomic E-state index is -1.04. The third kappa shape index (κ3) is 3.88. The van der Waals surface area contributed by atoms with Crippen molar-refractivity contribution in [3.05, 3.63) is 29.8 Å². The predicted molar refractivity (Wildman–Crippen MR) is 74.0 cm³/mol. The Hall–Kier alpha value is -2.70. The maximum atomic E-state index is 11.2. The van der Waals surface area contributed by atoms with Gasteiger partial charge < -0.3 is 25.7 Å². The summed E-state index contributed by atoms with van der Waals surface area (Å²) in [5.74, 6) is -4.15. The van der Waals surface area contributed by atoms with Gasteiger partial charge in [0, 0.05) is 12.1 Å². The summed E-state index contributed by atoms with van der Waals surface area (Å²) in [6, 6.07) is 1.17. The maximum absolute atomic E-state index is 11.2. The van der Waals surface area contributed by atoms with Gasteiger partial charge in [-0.05, 0) is 24.1 Å². The van der Waals surface area contributed by atoms with Crippen LogP contribution in [0.2, 0.25) is 0 Å². The molecule has 0 aromatic heterocycles. The molecular weight excluding hydrogens is 278 g/mol. The summed E-state index contributed by atoms with van der Waals surface area (Å²) in [7, 11) is 0. The minimum Gasteiger partial charge on any atom is -0.504 e. The number of carboxylic acids is 1. The highest BCUT2D eigenvalue weighted by atomic mass is 16.4. The van der Waals surface area contributed by atoms with Gasteiger partial charge in [-0.1, -0.05) is 13.5 Å². The second kappa shape index (κ2) is 6.65. The van der Waals surface area contributed by atoms with E-state index in [0.29, 0.717) is 5.56 Å². The lowest BCUT2D eigenvalue weighted by molar-refractivity contribution is -0.141. The van der Waals surface area contributed by atoms with Crippen molar-refractivity contribution >= 4 is 11.9 Å². The molecule has 0 heterocycles. The summed E-state index contributed by atoms with van der Waals surface area (Å²) >= 11 is 0. The van der Waals surface area contributed by atoms with Crippen molar-refractivity contribution in [1.29, 1.82) is 0 Å². The number of benzene rings is 1. The summed E-state index contributed by atoms with van der Waals surface area (Å²) in [4.78, 5) is 22.1. The molecule has 7 nitrogen and oxygen atoms in total. The van der Waals surface area contributed by atoms with Gasteiger partial charge in [-0.15, -0.1) is 0 Å². The first-order valence-electron chi connectivity index (χ1n) is 6.16. The Bertz CT molecular complexity index is 581. The van der Waals surface area contributed by atoms with Crippen LogP contribution in [-0.2, 0) is 22.6 Å². The molecule has 0 aliphatic heterocycles. The zero-order valence-corrected chi connectivity index (χ0v) is 11.5. The minimum absolute atomic E-state index is 0.0238. The van der Waals surface area contributed by atoms with Crippen LogP contribution in [0.3, 0.4) is 0 Å².